The Balaban J connectivity index is 2.28. The van der Waals surface area contributed by atoms with E-state index in [1.165, 1.54) is 0 Å². The van der Waals surface area contributed by atoms with Gasteiger partial charge in [0.15, 0.2) is 10.6 Å². The number of rotatable bonds is 3. The average molecular weight is 223 g/mol. The van der Waals surface area contributed by atoms with E-state index in [1.54, 1.807) is 0 Å². The minimum absolute atomic E-state index is 0.648. The number of aromatic amines is 1. The van der Waals surface area contributed by atoms with Crippen molar-refractivity contribution in [3.05, 3.63) is 28.6 Å². The molecule has 0 radical (unpaired) electrons. The molecule has 0 aromatic carbocycles. The van der Waals surface area contributed by atoms with Crippen LogP contribution in [0.2, 0.25) is 0 Å². The molecule has 2 aromatic heterocycles. The molecule has 0 atom stereocenters. The third-order valence-corrected chi connectivity index (χ3v) is 2.53. The predicted octanol–water partition coefficient (Wildman–Crippen LogP) is 1.51. The topological polar surface area (TPSA) is 51.4 Å². The van der Waals surface area contributed by atoms with Crippen molar-refractivity contribution in [2.24, 2.45) is 0 Å². The Morgan fingerprint density at radius 3 is 2.93 bits per heavy atom. The fraction of sp³-hybridized carbons (Fsp3) is 0.444. The molecular weight excluding hydrogens is 210 g/mol. The Morgan fingerprint density at radius 2 is 2.33 bits per heavy atom. The molecule has 0 bridgehead atoms. The third-order valence-electron chi connectivity index (χ3n) is 2.22. The smallest absolute Gasteiger partial charge is 0.195 e. The summed E-state index contributed by atoms with van der Waals surface area (Å²) in [5, 5.41) is 11.2. The molecule has 2 heterocycles. The second kappa shape index (κ2) is 3.98. The Bertz CT molecular complexity index is 507. The summed E-state index contributed by atoms with van der Waals surface area (Å²) in [6.07, 6.45) is 3.81. The fourth-order valence-corrected chi connectivity index (χ4v) is 1.78. The Kier molecular flexibility index (Phi) is 2.68. The van der Waals surface area contributed by atoms with Crippen molar-refractivity contribution in [3.63, 3.8) is 0 Å². The van der Waals surface area contributed by atoms with E-state index < -0.39 is 0 Å². The molecule has 0 aliphatic heterocycles. The van der Waals surface area contributed by atoms with Gasteiger partial charge < -0.3 is 4.57 Å². The van der Waals surface area contributed by atoms with Crippen LogP contribution in [0.1, 0.15) is 18.3 Å². The van der Waals surface area contributed by atoms with Gasteiger partial charge in [0.2, 0.25) is 0 Å². The van der Waals surface area contributed by atoms with Crippen molar-refractivity contribution in [2.75, 3.05) is 0 Å². The monoisotopic (exact) mass is 223 g/mol. The second-order valence-corrected chi connectivity index (χ2v) is 3.79. The van der Waals surface area contributed by atoms with Crippen molar-refractivity contribution in [1.29, 1.82) is 0 Å². The summed E-state index contributed by atoms with van der Waals surface area (Å²) in [4.78, 5) is 0. The number of hydrogen-bond acceptors (Lipinski definition) is 3. The van der Waals surface area contributed by atoms with Crippen molar-refractivity contribution in [2.45, 2.75) is 26.9 Å². The maximum absolute atomic E-state index is 5.11. The lowest BCUT2D eigenvalue weighted by Crippen LogP contribution is -2.08. The molecule has 0 unspecified atom stereocenters. The molecule has 2 rings (SSSR count). The molecule has 1 N–H and O–H groups in total. The van der Waals surface area contributed by atoms with E-state index in [4.69, 9.17) is 12.2 Å². The van der Waals surface area contributed by atoms with Gasteiger partial charge in [0, 0.05) is 12.7 Å². The van der Waals surface area contributed by atoms with Gasteiger partial charge >= 0.3 is 0 Å². The summed E-state index contributed by atoms with van der Waals surface area (Å²) >= 11 is 5.11. The van der Waals surface area contributed by atoms with Crippen LogP contribution < -0.4 is 0 Å². The minimum Gasteiger partial charge on any atom is -0.303 e. The predicted molar refractivity (Wildman–Crippen MR) is 59.2 cm³/mol. The molecular formula is C9H13N5S. The SMILES string of the molecule is CCn1c(Cn2cc(C)cn2)n[nH]c1=S. The van der Waals surface area contributed by atoms with E-state index in [0.717, 1.165) is 17.9 Å². The molecule has 5 nitrogen and oxygen atoms in total. The van der Waals surface area contributed by atoms with Crippen LogP contribution in [0.5, 0.6) is 0 Å². The van der Waals surface area contributed by atoms with Crippen LogP contribution >= 0.6 is 12.2 Å². The highest BCUT2D eigenvalue weighted by atomic mass is 32.1. The Morgan fingerprint density at radius 1 is 1.53 bits per heavy atom. The van der Waals surface area contributed by atoms with Gasteiger partial charge in [-0.2, -0.15) is 10.2 Å². The van der Waals surface area contributed by atoms with Crippen LogP contribution in [-0.4, -0.2) is 24.5 Å². The highest BCUT2D eigenvalue weighted by Gasteiger charge is 2.05. The lowest BCUT2D eigenvalue weighted by atomic mass is 10.4. The first-order valence-electron chi connectivity index (χ1n) is 4.84. The summed E-state index contributed by atoms with van der Waals surface area (Å²) in [6, 6.07) is 0. The molecule has 0 saturated heterocycles. The Hall–Kier alpha value is -1.43. The van der Waals surface area contributed by atoms with Gasteiger partial charge in [-0.25, -0.2) is 0 Å². The van der Waals surface area contributed by atoms with Crippen LogP contribution in [0.25, 0.3) is 0 Å². The summed E-state index contributed by atoms with van der Waals surface area (Å²) in [5.41, 5.74) is 1.15. The number of nitrogens with zero attached hydrogens (tertiary/aromatic N) is 4. The van der Waals surface area contributed by atoms with Gasteiger partial charge in [0.1, 0.15) is 6.54 Å². The molecule has 0 saturated carbocycles. The van der Waals surface area contributed by atoms with Crippen molar-refractivity contribution < 1.29 is 0 Å². The highest BCUT2D eigenvalue weighted by molar-refractivity contribution is 7.71. The molecule has 2 aromatic rings. The zero-order valence-corrected chi connectivity index (χ0v) is 9.58. The van der Waals surface area contributed by atoms with Crippen LogP contribution in [0.4, 0.5) is 0 Å². The summed E-state index contributed by atoms with van der Waals surface area (Å²) in [5.74, 6) is 0.908. The van der Waals surface area contributed by atoms with Gasteiger partial charge in [0.05, 0.1) is 6.20 Å². The number of aromatic nitrogens is 5. The van der Waals surface area contributed by atoms with Crippen molar-refractivity contribution >= 4 is 12.2 Å². The van der Waals surface area contributed by atoms with E-state index in [-0.39, 0.29) is 0 Å². The van der Waals surface area contributed by atoms with Gasteiger partial charge in [-0.3, -0.25) is 9.78 Å². The summed E-state index contributed by atoms with van der Waals surface area (Å²) in [6.45, 7) is 5.53. The number of nitrogens with one attached hydrogen (secondary N) is 1. The number of aryl methyl sites for hydroxylation is 1. The average Bonchev–Trinajstić information content (AvgIpc) is 2.75. The lowest BCUT2D eigenvalue weighted by Gasteiger charge is -2.02. The number of H-pyrrole nitrogens is 1. The van der Waals surface area contributed by atoms with Crippen LogP contribution in [-0.2, 0) is 13.1 Å². The maximum atomic E-state index is 5.11. The van der Waals surface area contributed by atoms with Gasteiger partial charge in [-0.05, 0) is 31.6 Å². The van der Waals surface area contributed by atoms with Crippen molar-refractivity contribution in [1.82, 2.24) is 24.5 Å². The fourth-order valence-electron chi connectivity index (χ4n) is 1.50. The lowest BCUT2D eigenvalue weighted by molar-refractivity contribution is 0.603. The molecule has 80 valence electrons. The molecule has 0 fully saturated rings. The van der Waals surface area contributed by atoms with E-state index >= 15 is 0 Å². The highest BCUT2D eigenvalue weighted by Crippen LogP contribution is 2.02. The molecule has 6 heteroatoms. The van der Waals surface area contributed by atoms with E-state index in [0.29, 0.717) is 11.3 Å². The van der Waals surface area contributed by atoms with Gasteiger partial charge in [-0.15, -0.1) is 0 Å². The normalized spacial score (nSPS) is 10.8. The van der Waals surface area contributed by atoms with Gasteiger partial charge in [0.25, 0.3) is 0 Å². The van der Waals surface area contributed by atoms with Crippen LogP contribution in [0.3, 0.4) is 0 Å². The van der Waals surface area contributed by atoms with E-state index in [1.807, 2.05) is 35.5 Å². The van der Waals surface area contributed by atoms with Gasteiger partial charge in [-0.1, -0.05) is 0 Å². The summed E-state index contributed by atoms with van der Waals surface area (Å²) in [7, 11) is 0. The first-order chi connectivity index (χ1) is 7.20. The van der Waals surface area contributed by atoms with Crippen LogP contribution in [0, 0.1) is 11.7 Å². The van der Waals surface area contributed by atoms with Crippen molar-refractivity contribution in [3.8, 4) is 0 Å². The first-order valence-corrected chi connectivity index (χ1v) is 5.24. The van der Waals surface area contributed by atoms with Crippen LogP contribution in [0.15, 0.2) is 12.4 Å². The first kappa shape index (κ1) is 10.1. The molecule has 0 aliphatic rings. The molecule has 15 heavy (non-hydrogen) atoms. The van der Waals surface area contributed by atoms with E-state index in [9.17, 15) is 0 Å². The zero-order valence-electron chi connectivity index (χ0n) is 8.77. The molecule has 0 amide bonds. The minimum atomic E-state index is 0.648. The molecule has 0 spiro atoms. The molecule has 0 aliphatic carbocycles. The second-order valence-electron chi connectivity index (χ2n) is 3.40. The maximum Gasteiger partial charge on any atom is 0.195 e. The standard InChI is InChI=1S/C9H13N5S/c1-3-14-8(11-12-9(14)15)6-13-5-7(2)4-10-13/h4-5H,3,6H2,1-2H3,(H,12,15). The Labute approximate surface area is 92.7 Å². The van der Waals surface area contributed by atoms with E-state index in [2.05, 4.69) is 15.3 Å². The zero-order chi connectivity index (χ0) is 10.8. The summed E-state index contributed by atoms with van der Waals surface area (Å²) < 4.78 is 4.48. The largest absolute Gasteiger partial charge is 0.303 e. The third kappa shape index (κ3) is 1.99. The number of hydrogen-bond donors (Lipinski definition) is 1. The quantitative estimate of drug-likeness (QED) is 0.802.